The Labute approximate surface area is 168 Å². The molecule has 1 saturated heterocycles. The fourth-order valence-electron chi connectivity index (χ4n) is 4.41. The Morgan fingerprint density at radius 3 is 2.82 bits per heavy atom. The van der Waals surface area contributed by atoms with Gasteiger partial charge in [-0.05, 0) is 36.2 Å². The van der Waals surface area contributed by atoms with Gasteiger partial charge in [0.25, 0.3) is 5.91 Å². The molecule has 8 heteroatoms. The summed E-state index contributed by atoms with van der Waals surface area (Å²) in [7, 11) is 0. The molecular formula is C20H26N6OS. The maximum atomic E-state index is 12.8. The van der Waals surface area contributed by atoms with Crippen LogP contribution >= 0.6 is 11.3 Å². The monoisotopic (exact) mass is 398 g/mol. The first-order valence-corrected chi connectivity index (χ1v) is 10.9. The van der Waals surface area contributed by atoms with Gasteiger partial charge in [-0.2, -0.15) is 0 Å². The average Bonchev–Trinajstić information content (AvgIpc) is 3.27. The fraction of sp³-hybridized carbons (Fsp3) is 0.600. The molecule has 7 nitrogen and oxygen atoms in total. The van der Waals surface area contributed by atoms with Gasteiger partial charge in [0.15, 0.2) is 5.65 Å². The van der Waals surface area contributed by atoms with Crippen LogP contribution in [0.2, 0.25) is 0 Å². The molecule has 1 aliphatic carbocycles. The van der Waals surface area contributed by atoms with Crippen molar-refractivity contribution in [2.45, 2.75) is 40.0 Å². The number of thiophene rings is 1. The maximum absolute atomic E-state index is 12.8. The van der Waals surface area contributed by atoms with Crippen LogP contribution in [0.25, 0.3) is 15.9 Å². The molecule has 1 fully saturated rings. The Hall–Kier alpha value is -2.06. The highest BCUT2D eigenvalue weighted by Gasteiger charge is 2.32. The van der Waals surface area contributed by atoms with Gasteiger partial charge in [-0.1, -0.05) is 20.8 Å². The van der Waals surface area contributed by atoms with Gasteiger partial charge in [0.05, 0.1) is 5.39 Å². The predicted molar refractivity (Wildman–Crippen MR) is 110 cm³/mol. The van der Waals surface area contributed by atoms with Crippen LogP contribution in [-0.4, -0.2) is 56.6 Å². The number of hydrogen-bond acceptors (Lipinski definition) is 6. The summed E-state index contributed by atoms with van der Waals surface area (Å²) in [6.45, 7) is 10.0. The first-order valence-electron chi connectivity index (χ1n) is 10.1. The number of hydrogen-bond donors (Lipinski definition) is 1. The summed E-state index contributed by atoms with van der Waals surface area (Å²) in [4.78, 5) is 26.4. The predicted octanol–water partition coefficient (Wildman–Crippen LogP) is 2.54. The van der Waals surface area contributed by atoms with Gasteiger partial charge in [0.1, 0.15) is 11.2 Å². The van der Waals surface area contributed by atoms with Crippen LogP contribution in [0.1, 0.15) is 48.3 Å². The third-order valence-electron chi connectivity index (χ3n) is 6.21. The average molecular weight is 399 g/mol. The van der Waals surface area contributed by atoms with E-state index in [0.717, 1.165) is 41.8 Å². The molecule has 28 heavy (non-hydrogen) atoms. The van der Waals surface area contributed by atoms with Gasteiger partial charge in [-0.15, -0.1) is 16.4 Å². The van der Waals surface area contributed by atoms with Gasteiger partial charge in [-0.3, -0.25) is 4.79 Å². The third-order valence-corrected chi connectivity index (χ3v) is 7.37. The lowest BCUT2D eigenvalue weighted by molar-refractivity contribution is 0.0723. The van der Waals surface area contributed by atoms with Crippen LogP contribution in [0.15, 0.2) is 6.33 Å². The van der Waals surface area contributed by atoms with E-state index in [4.69, 9.17) is 0 Å². The summed E-state index contributed by atoms with van der Waals surface area (Å²) in [5.74, 6) is 0.876. The van der Waals surface area contributed by atoms with E-state index in [1.165, 1.54) is 16.9 Å². The summed E-state index contributed by atoms with van der Waals surface area (Å²) < 4.78 is 1.68. The van der Waals surface area contributed by atoms with Gasteiger partial charge >= 0.3 is 0 Å². The number of carbonyl (C=O) groups is 1. The first-order chi connectivity index (χ1) is 13.4. The van der Waals surface area contributed by atoms with E-state index in [0.29, 0.717) is 24.4 Å². The van der Waals surface area contributed by atoms with Gasteiger partial charge in [0.2, 0.25) is 5.82 Å². The first kappa shape index (κ1) is 18.0. The van der Waals surface area contributed by atoms with Crippen molar-refractivity contribution in [1.82, 2.24) is 29.8 Å². The van der Waals surface area contributed by atoms with E-state index in [1.54, 1.807) is 22.2 Å². The van der Waals surface area contributed by atoms with Crippen molar-refractivity contribution in [3.63, 3.8) is 0 Å². The molecule has 0 unspecified atom stereocenters. The minimum absolute atomic E-state index is 0.0877. The van der Waals surface area contributed by atoms with Crippen molar-refractivity contribution in [2.24, 2.45) is 11.3 Å². The van der Waals surface area contributed by atoms with Crippen LogP contribution in [0.3, 0.4) is 0 Å². The number of amides is 1. The van der Waals surface area contributed by atoms with Gasteiger partial charge < -0.3 is 10.2 Å². The quantitative estimate of drug-likeness (QED) is 0.682. The number of aryl methyl sites for hydroxylation is 1. The SMILES string of the molecule is CC(C)(C)[C@H]1CCc2c(sc3ncn4nc(C(=O)N5CCNCC5)nc4c23)C1. The fourth-order valence-corrected chi connectivity index (χ4v) is 5.68. The highest BCUT2D eigenvalue weighted by Crippen LogP contribution is 2.43. The molecule has 0 bridgehead atoms. The van der Waals surface area contributed by atoms with Crippen molar-refractivity contribution in [3.05, 3.63) is 22.6 Å². The molecule has 1 N–H and O–H groups in total. The smallest absolute Gasteiger partial charge is 0.293 e. The lowest BCUT2D eigenvalue weighted by Crippen LogP contribution is -2.46. The molecule has 0 aromatic carbocycles. The van der Waals surface area contributed by atoms with Crippen molar-refractivity contribution in [2.75, 3.05) is 26.2 Å². The second-order valence-corrected chi connectivity index (χ2v) is 10.1. The molecule has 5 rings (SSSR count). The zero-order valence-electron chi connectivity index (χ0n) is 16.7. The number of aromatic nitrogens is 4. The standard InChI is InChI=1S/C20H26N6OS/c1-20(2,3)12-4-5-13-14(10-12)28-18-15(13)17-23-16(24-26(17)11-22-18)19(27)25-8-6-21-7-9-25/h11-12,21H,4-10H2,1-3H3/t12-/m0/s1. The molecular weight excluding hydrogens is 372 g/mol. The van der Waals surface area contributed by atoms with Crippen molar-refractivity contribution >= 4 is 33.1 Å². The number of piperazine rings is 1. The van der Waals surface area contributed by atoms with E-state index in [-0.39, 0.29) is 11.7 Å². The minimum atomic E-state index is -0.0877. The Morgan fingerprint density at radius 1 is 1.29 bits per heavy atom. The number of carbonyl (C=O) groups excluding carboxylic acids is 1. The van der Waals surface area contributed by atoms with E-state index in [1.807, 2.05) is 4.90 Å². The summed E-state index contributed by atoms with van der Waals surface area (Å²) in [5, 5.41) is 8.82. The van der Waals surface area contributed by atoms with E-state index in [9.17, 15) is 4.79 Å². The molecule has 3 aromatic rings. The van der Waals surface area contributed by atoms with Crippen LogP contribution in [0, 0.1) is 11.3 Å². The summed E-state index contributed by atoms with van der Waals surface area (Å²) >= 11 is 1.78. The van der Waals surface area contributed by atoms with Gasteiger partial charge in [0, 0.05) is 31.1 Å². The Bertz CT molecular complexity index is 1060. The molecule has 3 aromatic heterocycles. The number of nitrogens with zero attached hydrogens (tertiary/aromatic N) is 5. The topological polar surface area (TPSA) is 75.4 Å². The Balaban J connectivity index is 1.56. The highest BCUT2D eigenvalue weighted by molar-refractivity contribution is 7.19. The third kappa shape index (κ3) is 2.90. The minimum Gasteiger partial charge on any atom is -0.333 e. The van der Waals surface area contributed by atoms with Crippen molar-refractivity contribution in [3.8, 4) is 0 Å². The molecule has 0 radical (unpaired) electrons. The van der Waals surface area contributed by atoms with Crippen molar-refractivity contribution < 1.29 is 4.79 Å². The normalized spacial score (nSPS) is 20.7. The molecule has 1 atom stereocenters. The Morgan fingerprint density at radius 2 is 2.07 bits per heavy atom. The number of rotatable bonds is 1. The summed E-state index contributed by atoms with van der Waals surface area (Å²) in [5.41, 5.74) is 2.45. The molecule has 0 saturated carbocycles. The molecule has 4 heterocycles. The largest absolute Gasteiger partial charge is 0.333 e. The molecule has 148 valence electrons. The van der Waals surface area contributed by atoms with E-state index in [2.05, 4.69) is 41.2 Å². The van der Waals surface area contributed by atoms with Crippen LogP contribution in [-0.2, 0) is 12.8 Å². The van der Waals surface area contributed by atoms with Crippen LogP contribution < -0.4 is 5.32 Å². The lowest BCUT2D eigenvalue weighted by Gasteiger charge is -2.33. The van der Waals surface area contributed by atoms with Crippen LogP contribution in [0.5, 0.6) is 0 Å². The zero-order chi connectivity index (χ0) is 19.5. The van der Waals surface area contributed by atoms with Crippen molar-refractivity contribution in [1.29, 1.82) is 0 Å². The molecule has 1 aliphatic heterocycles. The number of fused-ring (bicyclic) bond motifs is 5. The maximum Gasteiger partial charge on any atom is 0.293 e. The Kier molecular flexibility index (Phi) is 4.17. The van der Waals surface area contributed by atoms with Crippen LogP contribution in [0.4, 0.5) is 0 Å². The zero-order valence-corrected chi connectivity index (χ0v) is 17.5. The lowest BCUT2D eigenvalue weighted by atomic mass is 9.72. The molecule has 1 amide bonds. The second kappa shape index (κ2) is 6.49. The summed E-state index contributed by atoms with van der Waals surface area (Å²) in [6, 6.07) is 0. The molecule has 2 aliphatic rings. The van der Waals surface area contributed by atoms with Gasteiger partial charge in [-0.25, -0.2) is 14.5 Å². The highest BCUT2D eigenvalue weighted by atomic mass is 32.1. The summed E-state index contributed by atoms with van der Waals surface area (Å²) in [6.07, 6.45) is 5.03. The van der Waals surface area contributed by atoms with E-state index < -0.39 is 0 Å². The van der Waals surface area contributed by atoms with E-state index >= 15 is 0 Å². The second-order valence-electron chi connectivity index (χ2n) is 8.98. The molecule has 0 spiro atoms. The number of nitrogens with one attached hydrogen (secondary N) is 1.